The van der Waals surface area contributed by atoms with Gasteiger partial charge in [0.15, 0.2) is 0 Å². The average Bonchev–Trinajstić information content (AvgIpc) is 3.16. The SMILES string of the molecule is COc1ccc(C)cc1NC(=O)[C@H]1CCCN1C(=O)C12CC3CC(CC(C3)C1)C2. The van der Waals surface area contributed by atoms with Crippen LogP contribution in [0, 0.1) is 30.1 Å². The molecule has 29 heavy (non-hydrogen) atoms. The minimum atomic E-state index is -0.360. The van der Waals surface area contributed by atoms with Crippen LogP contribution in [0.4, 0.5) is 5.69 Å². The summed E-state index contributed by atoms with van der Waals surface area (Å²) >= 11 is 0. The summed E-state index contributed by atoms with van der Waals surface area (Å²) in [5, 5.41) is 3.05. The molecule has 4 bridgehead atoms. The first kappa shape index (κ1) is 19.0. The zero-order valence-electron chi connectivity index (χ0n) is 17.6. The predicted molar refractivity (Wildman–Crippen MR) is 112 cm³/mol. The molecular formula is C24H32N2O3. The minimum absolute atomic E-state index is 0.0792. The number of nitrogens with zero attached hydrogens (tertiary/aromatic N) is 1. The lowest BCUT2D eigenvalue weighted by atomic mass is 9.49. The van der Waals surface area contributed by atoms with Gasteiger partial charge in [0.2, 0.25) is 11.8 Å². The predicted octanol–water partition coefficient (Wildman–Crippen LogP) is 4.15. The molecule has 0 unspecified atom stereocenters. The van der Waals surface area contributed by atoms with Crippen molar-refractivity contribution in [3.05, 3.63) is 23.8 Å². The zero-order valence-corrected chi connectivity index (χ0v) is 17.6. The van der Waals surface area contributed by atoms with Crippen molar-refractivity contribution in [1.29, 1.82) is 0 Å². The summed E-state index contributed by atoms with van der Waals surface area (Å²) < 4.78 is 5.41. The molecule has 4 aliphatic carbocycles. The van der Waals surface area contributed by atoms with Gasteiger partial charge >= 0.3 is 0 Å². The third-order valence-corrected chi connectivity index (χ3v) is 7.92. The van der Waals surface area contributed by atoms with Crippen LogP contribution >= 0.6 is 0 Å². The van der Waals surface area contributed by atoms with E-state index in [4.69, 9.17) is 4.74 Å². The van der Waals surface area contributed by atoms with E-state index in [9.17, 15) is 9.59 Å². The number of anilines is 1. The molecule has 4 saturated carbocycles. The van der Waals surface area contributed by atoms with Crippen molar-refractivity contribution in [3.8, 4) is 5.75 Å². The molecular weight excluding hydrogens is 364 g/mol. The van der Waals surface area contributed by atoms with Gasteiger partial charge in [-0.2, -0.15) is 0 Å². The van der Waals surface area contributed by atoms with E-state index in [1.54, 1.807) is 7.11 Å². The molecule has 1 aromatic rings. The second kappa shape index (κ2) is 7.03. The van der Waals surface area contributed by atoms with E-state index in [0.717, 1.165) is 55.4 Å². The lowest BCUT2D eigenvalue weighted by Gasteiger charge is -2.56. The lowest BCUT2D eigenvalue weighted by Crippen LogP contribution is -2.56. The van der Waals surface area contributed by atoms with Crippen molar-refractivity contribution in [1.82, 2.24) is 4.90 Å². The van der Waals surface area contributed by atoms with E-state index in [1.807, 2.05) is 30.0 Å². The quantitative estimate of drug-likeness (QED) is 0.832. The molecule has 1 atom stereocenters. The number of hydrogen-bond donors (Lipinski definition) is 1. The van der Waals surface area contributed by atoms with Gasteiger partial charge in [0.05, 0.1) is 18.2 Å². The Bertz CT molecular complexity index is 798. The van der Waals surface area contributed by atoms with Crippen LogP contribution in [-0.4, -0.2) is 36.4 Å². The minimum Gasteiger partial charge on any atom is -0.495 e. The molecule has 0 spiro atoms. The third-order valence-electron chi connectivity index (χ3n) is 7.92. The molecule has 1 heterocycles. The number of amides is 2. The maximum Gasteiger partial charge on any atom is 0.247 e. The van der Waals surface area contributed by atoms with Crippen LogP contribution in [0.3, 0.4) is 0 Å². The van der Waals surface area contributed by atoms with Crippen molar-refractivity contribution in [2.75, 3.05) is 19.0 Å². The Morgan fingerprint density at radius 1 is 1.10 bits per heavy atom. The normalized spacial score (nSPS) is 35.0. The molecule has 1 N–H and O–H groups in total. The van der Waals surface area contributed by atoms with Gasteiger partial charge in [0.25, 0.3) is 0 Å². The van der Waals surface area contributed by atoms with Crippen LogP contribution in [0.1, 0.15) is 56.9 Å². The number of carbonyl (C=O) groups excluding carboxylic acids is 2. The molecule has 2 amide bonds. The third kappa shape index (κ3) is 3.23. The fraction of sp³-hybridized carbons (Fsp3) is 0.667. The fourth-order valence-corrected chi connectivity index (χ4v) is 7.10. The largest absolute Gasteiger partial charge is 0.495 e. The van der Waals surface area contributed by atoms with E-state index < -0.39 is 0 Å². The van der Waals surface area contributed by atoms with Gasteiger partial charge in [0.1, 0.15) is 11.8 Å². The molecule has 5 nitrogen and oxygen atoms in total. The number of carbonyl (C=O) groups is 2. The molecule has 6 rings (SSSR count). The molecule has 0 radical (unpaired) electrons. The van der Waals surface area contributed by atoms with Crippen LogP contribution in [0.2, 0.25) is 0 Å². The Hall–Kier alpha value is -2.04. The summed E-state index contributed by atoms with van der Waals surface area (Å²) in [6.07, 6.45) is 8.77. The molecule has 5 heteroatoms. The topological polar surface area (TPSA) is 58.6 Å². The second-order valence-corrected chi connectivity index (χ2v) is 10.0. The summed E-state index contributed by atoms with van der Waals surface area (Å²) in [5.74, 6) is 3.04. The first-order valence-corrected chi connectivity index (χ1v) is 11.2. The highest BCUT2D eigenvalue weighted by molar-refractivity contribution is 5.99. The summed E-state index contributed by atoms with van der Waals surface area (Å²) in [6.45, 7) is 2.71. The van der Waals surface area contributed by atoms with E-state index in [1.165, 1.54) is 19.3 Å². The highest BCUT2D eigenvalue weighted by atomic mass is 16.5. The van der Waals surface area contributed by atoms with Crippen molar-refractivity contribution < 1.29 is 14.3 Å². The average molecular weight is 397 g/mol. The Balaban J connectivity index is 1.34. The summed E-state index contributed by atoms with van der Waals surface area (Å²) in [6, 6.07) is 5.41. The van der Waals surface area contributed by atoms with Crippen LogP contribution in [0.25, 0.3) is 0 Å². The number of likely N-dealkylation sites (tertiary alicyclic amines) is 1. The zero-order chi connectivity index (χ0) is 20.2. The van der Waals surface area contributed by atoms with E-state index in [-0.39, 0.29) is 23.3 Å². The van der Waals surface area contributed by atoms with E-state index in [2.05, 4.69) is 5.32 Å². The maximum absolute atomic E-state index is 13.8. The van der Waals surface area contributed by atoms with Crippen molar-refractivity contribution in [2.24, 2.45) is 23.2 Å². The Morgan fingerprint density at radius 2 is 1.76 bits per heavy atom. The molecule has 5 fully saturated rings. The van der Waals surface area contributed by atoms with Gasteiger partial charge in [-0.25, -0.2) is 0 Å². The summed E-state index contributed by atoms with van der Waals surface area (Å²) in [4.78, 5) is 28.9. The first-order chi connectivity index (χ1) is 14.0. The first-order valence-electron chi connectivity index (χ1n) is 11.2. The summed E-state index contributed by atoms with van der Waals surface area (Å²) in [5.41, 5.74) is 1.57. The maximum atomic E-state index is 13.8. The molecule has 1 aromatic carbocycles. The molecule has 5 aliphatic rings. The number of nitrogens with one attached hydrogen (secondary N) is 1. The molecule has 0 aromatic heterocycles. The molecule has 156 valence electrons. The Labute approximate surface area is 173 Å². The smallest absolute Gasteiger partial charge is 0.247 e. The number of hydrogen-bond acceptors (Lipinski definition) is 3. The summed E-state index contributed by atoms with van der Waals surface area (Å²) in [7, 11) is 1.61. The standard InChI is InChI=1S/C24H32N2O3/c1-15-5-6-21(29-2)19(8-15)25-22(27)20-4-3-7-26(20)23(28)24-12-16-9-17(13-24)11-18(10-16)14-24/h5-6,8,16-18,20H,3-4,7,9-14H2,1-2H3,(H,25,27)/t16?,17?,18?,20-,24?/m1/s1. The number of methoxy groups -OCH3 is 1. The van der Waals surface area contributed by atoms with Crippen LogP contribution in [0.5, 0.6) is 5.75 Å². The number of rotatable bonds is 4. The molecule has 1 saturated heterocycles. The van der Waals surface area contributed by atoms with Gasteiger partial charge in [-0.15, -0.1) is 0 Å². The van der Waals surface area contributed by atoms with E-state index >= 15 is 0 Å². The van der Waals surface area contributed by atoms with E-state index in [0.29, 0.717) is 18.0 Å². The Morgan fingerprint density at radius 3 is 2.38 bits per heavy atom. The van der Waals surface area contributed by atoms with Gasteiger partial charge in [-0.05, 0) is 93.7 Å². The molecule has 1 aliphatic heterocycles. The lowest BCUT2D eigenvalue weighted by molar-refractivity contribution is -0.160. The van der Waals surface area contributed by atoms with Crippen LogP contribution in [0.15, 0.2) is 18.2 Å². The van der Waals surface area contributed by atoms with Gasteiger partial charge in [-0.3, -0.25) is 9.59 Å². The van der Waals surface area contributed by atoms with Gasteiger partial charge < -0.3 is 15.0 Å². The Kier molecular flexibility index (Phi) is 4.60. The fourth-order valence-electron chi connectivity index (χ4n) is 7.10. The highest BCUT2D eigenvalue weighted by Gasteiger charge is 2.56. The number of aryl methyl sites for hydroxylation is 1. The van der Waals surface area contributed by atoms with Gasteiger partial charge in [-0.1, -0.05) is 6.07 Å². The number of ether oxygens (including phenoxy) is 1. The van der Waals surface area contributed by atoms with Crippen molar-refractivity contribution in [3.63, 3.8) is 0 Å². The van der Waals surface area contributed by atoms with Crippen molar-refractivity contribution >= 4 is 17.5 Å². The van der Waals surface area contributed by atoms with Crippen molar-refractivity contribution in [2.45, 2.75) is 64.3 Å². The second-order valence-electron chi connectivity index (χ2n) is 10.0. The van der Waals surface area contributed by atoms with Crippen LogP contribution in [-0.2, 0) is 9.59 Å². The number of benzene rings is 1. The van der Waals surface area contributed by atoms with Gasteiger partial charge in [0, 0.05) is 6.54 Å². The van der Waals surface area contributed by atoms with Crippen LogP contribution < -0.4 is 10.1 Å². The highest BCUT2D eigenvalue weighted by Crippen LogP contribution is 2.60. The monoisotopic (exact) mass is 396 g/mol.